The molecule has 4 rings (SSSR count). The number of aliphatic hydroxyl groups is 1. The van der Waals surface area contributed by atoms with Crippen LogP contribution in [-0.4, -0.2) is 36.1 Å². The quantitative estimate of drug-likeness (QED) is 0.311. The van der Waals surface area contributed by atoms with Crippen LogP contribution in [0.3, 0.4) is 0 Å². The third-order valence-electron chi connectivity index (χ3n) is 6.93. The van der Waals surface area contributed by atoms with Gasteiger partial charge in [0.15, 0.2) is 5.76 Å². The summed E-state index contributed by atoms with van der Waals surface area (Å²) >= 11 is 0. The number of fused-ring (bicyclic) bond motifs is 1. The molecule has 1 heterocycles. The summed E-state index contributed by atoms with van der Waals surface area (Å²) < 4.78 is 6.17. The zero-order valence-electron chi connectivity index (χ0n) is 21.3. The number of para-hydroxylation sites is 1. The Hall–Kier alpha value is -2.63. The molecule has 0 spiro atoms. The van der Waals surface area contributed by atoms with Crippen LogP contribution in [0.4, 0.5) is 0 Å². The molecule has 0 aliphatic heterocycles. The van der Waals surface area contributed by atoms with Gasteiger partial charge in [0, 0.05) is 23.9 Å². The van der Waals surface area contributed by atoms with E-state index in [9.17, 15) is 5.11 Å². The summed E-state index contributed by atoms with van der Waals surface area (Å²) in [5, 5.41) is 19.1. The van der Waals surface area contributed by atoms with E-state index in [2.05, 4.69) is 64.1 Å². The fraction of sp³-hybridized carbons (Fsp3) is 0.483. The number of oxime groups is 1. The molecule has 1 fully saturated rings. The first-order valence-corrected chi connectivity index (χ1v) is 12.3. The van der Waals surface area contributed by atoms with Crippen LogP contribution in [0.1, 0.15) is 61.6 Å². The number of nitrogens with one attached hydrogen (secondary N) is 1. The molecule has 0 amide bonds. The number of aryl methyl sites for hydroxylation is 3. The lowest BCUT2D eigenvalue weighted by molar-refractivity contribution is 0.0377. The van der Waals surface area contributed by atoms with Gasteiger partial charge in [-0.05, 0) is 67.9 Å². The Labute approximate surface area is 203 Å². The Morgan fingerprint density at radius 2 is 1.82 bits per heavy atom. The van der Waals surface area contributed by atoms with Crippen molar-refractivity contribution < 1.29 is 14.4 Å². The van der Waals surface area contributed by atoms with Crippen molar-refractivity contribution in [2.45, 2.75) is 71.9 Å². The maximum Gasteiger partial charge on any atom is 0.153 e. The lowest BCUT2D eigenvalue weighted by Gasteiger charge is -2.47. The number of hydrogen-bond acceptors (Lipinski definition) is 5. The average Bonchev–Trinajstić information content (AvgIpc) is 3.16. The fourth-order valence-electron chi connectivity index (χ4n) is 5.61. The Morgan fingerprint density at radius 3 is 2.47 bits per heavy atom. The summed E-state index contributed by atoms with van der Waals surface area (Å²) in [7, 11) is 0. The van der Waals surface area contributed by atoms with Gasteiger partial charge in [0.25, 0.3) is 0 Å². The minimum atomic E-state index is -0.618. The van der Waals surface area contributed by atoms with E-state index < -0.39 is 6.10 Å². The van der Waals surface area contributed by atoms with Crippen molar-refractivity contribution >= 4 is 16.7 Å². The SMILES string of the molecule is Cc1cc(C)c(C2(C)CC(C(=NOCC(O)CNC(C)C)c3cc4ccccc4o3)C2)c(C)c1. The number of furan rings is 1. The van der Waals surface area contributed by atoms with Crippen molar-refractivity contribution in [3.8, 4) is 0 Å². The molecular formula is C29H38N2O3. The second kappa shape index (κ2) is 9.93. The van der Waals surface area contributed by atoms with Crippen molar-refractivity contribution in [1.82, 2.24) is 5.32 Å². The first-order valence-electron chi connectivity index (χ1n) is 12.3. The second-order valence-corrected chi connectivity index (χ2v) is 10.6. The molecule has 2 N–H and O–H groups in total. The summed E-state index contributed by atoms with van der Waals surface area (Å²) in [6.07, 6.45) is 1.34. The summed E-state index contributed by atoms with van der Waals surface area (Å²) in [5.41, 5.74) is 7.25. The number of hydrogen-bond donors (Lipinski definition) is 2. The number of benzene rings is 2. The van der Waals surface area contributed by atoms with Gasteiger partial charge in [-0.15, -0.1) is 0 Å². The Bertz CT molecular complexity index is 1120. The van der Waals surface area contributed by atoms with E-state index in [1.54, 1.807) is 0 Å². The van der Waals surface area contributed by atoms with E-state index in [0.29, 0.717) is 12.6 Å². The molecule has 3 aromatic rings. The van der Waals surface area contributed by atoms with Crippen LogP contribution in [0.15, 0.2) is 52.0 Å². The van der Waals surface area contributed by atoms with Crippen molar-refractivity contribution in [3.63, 3.8) is 0 Å². The lowest BCUT2D eigenvalue weighted by Crippen LogP contribution is -2.43. The van der Waals surface area contributed by atoms with Crippen LogP contribution in [0.25, 0.3) is 11.0 Å². The van der Waals surface area contributed by atoms with Crippen LogP contribution in [0.2, 0.25) is 0 Å². The van der Waals surface area contributed by atoms with E-state index >= 15 is 0 Å². The van der Waals surface area contributed by atoms with Crippen LogP contribution < -0.4 is 5.32 Å². The van der Waals surface area contributed by atoms with Crippen LogP contribution in [0, 0.1) is 26.7 Å². The van der Waals surface area contributed by atoms with Crippen molar-refractivity contribution in [2.75, 3.05) is 13.2 Å². The first-order chi connectivity index (χ1) is 16.2. The topological polar surface area (TPSA) is 67.0 Å². The molecule has 1 atom stereocenters. The highest BCUT2D eigenvalue weighted by molar-refractivity contribution is 6.03. The van der Waals surface area contributed by atoms with E-state index in [-0.39, 0.29) is 17.9 Å². The standard InChI is InChI=1S/C29H38N2O3/c1-18(2)30-16-24(32)17-33-31-28(26-13-22-9-7-8-10-25(22)34-26)23-14-29(6,15-23)27-20(4)11-19(3)12-21(27)5/h7-13,18,23-24,30,32H,14-17H2,1-6H3. The van der Waals surface area contributed by atoms with E-state index in [4.69, 9.17) is 9.25 Å². The molecule has 1 saturated carbocycles. The lowest BCUT2D eigenvalue weighted by atomic mass is 9.57. The molecule has 1 unspecified atom stereocenters. The van der Waals surface area contributed by atoms with Gasteiger partial charge in [-0.3, -0.25) is 0 Å². The highest BCUT2D eigenvalue weighted by Gasteiger charge is 2.46. The van der Waals surface area contributed by atoms with Gasteiger partial charge in [-0.25, -0.2) is 0 Å². The maximum absolute atomic E-state index is 10.2. The molecule has 34 heavy (non-hydrogen) atoms. The molecule has 0 bridgehead atoms. The molecule has 5 nitrogen and oxygen atoms in total. The first kappa shape index (κ1) is 24.5. The fourth-order valence-corrected chi connectivity index (χ4v) is 5.61. The largest absolute Gasteiger partial charge is 0.455 e. The summed E-state index contributed by atoms with van der Waals surface area (Å²) in [6, 6.07) is 14.9. The molecular weight excluding hydrogens is 424 g/mol. The molecule has 1 aliphatic carbocycles. The molecule has 0 radical (unpaired) electrons. The van der Waals surface area contributed by atoms with E-state index in [1.807, 2.05) is 30.3 Å². The third-order valence-corrected chi connectivity index (χ3v) is 6.93. The maximum atomic E-state index is 10.2. The molecule has 2 aromatic carbocycles. The van der Waals surface area contributed by atoms with E-state index in [0.717, 1.165) is 35.3 Å². The number of nitrogens with zero attached hydrogens (tertiary/aromatic N) is 1. The summed E-state index contributed by atoms with van der Waals surface area (Å²) in [6.45, 7) is 13.7. The Morgan fingerprint density at radius 1 is 1.15 bits per heavy atom. The molecule has 182 valence electrons. The van der Waals surface area contributed by atoms with Crippen molar-refractivity contribution in [3.05, 3.63) is 70.5 Å². The van der Waals surface area contributed by atoms with Gasteiger partial charge in [0.2, 0.25) is 0 Å². The normalized spacial score (nSPS) is 21.6. The zero-order chi connectivity index (χ0) is 24.5. The smallest absolute Gasteiger partial charge is 0.153 e. The van der Waals surface area contributed by atoms with Crippen LogP contribution in [0.5, 0.6) is 0 Å². The Kier molecular flexibility index (Phi) is 7.15. The van der Waals surface area contributed by atoms with Gasteiger partial charge in [0.1, 0.15) is 24.0 Å². The van der Waals surface area contributed by atoms with E-state index in [1.165, 1.54) is 22.3 Å². The summed E-state index contributed by atoms with van der Waals surface area (Å²) in [4.78, 5) is 5.67. The van der Waals surface area contributed by atoms with Crippen molar-refractivity contribution in [1.29, 1.82) is 0 Å². The number of rotatable bonds is 9. The molecule has 1 aliphatic rings. The van der Waals surface area contributed by atoms with Crippen molar-refractivity contribution in [2.24, 2.45) is 11.1 Å². The van der Waals surface area contributed by atoms with Crippen LogP contribution >= 0.6 is 0 Å². The van der Waals surface area contributed by atoms with Gasteiger partial charge >= 0.3 is 0 Å². The van der Waals surface area contributed by atoms with Gasteiger partial charge in [-0.1, -0.05) is 61.8 Å². The second-order valence-electron chi connectivity index (χ2n) is 10.6. The molecule has 1 aromatic heterocycles. The van der Waals surface area contributed by atoms with Gasteiger partial charge in [-0.2, -0.15) is 0 Å². The zero-order valence-corrected chi connectivity index (χ0v) is 21.3. The average molecular weight is 463 g/mol. The predicted octanol–water partition coefficient (Wildman–Crippen LogP) is 5.81. The molecule has 5 heteroatoms. The molecule has 0 saturated heterocycles. The number of aliphatic hydroxyl groups excluding tert-OH is 1. The minimum Gasteiger partial charge on any atom is -0.455 e. The van der Waals surface area contributed by atoms with Gasteiger partial charge < -0.3 is 19.7 Å². The Balaban J connectivity index is 1.56. The third kappa shape index (κ3) is 5.21. The van der Waals surface area contributed by atoms with Gasteiger partial charge in [0.05, 0.1) is 0 Å². The predicted molar refractivity (Wildman–Crippen MR) is 139 cm³/mol. The minimum absolute atomic E-state index is 0.0972. The highest BCUT2D eigenvalue weighted by Crippen LogP contribution is 2.51. The summed E-state index contributed by atoms with van der Waals surface area (Å²) in [5.74, 6) is 0.983. The van der Waals surface area contributed by atoms with Crippen LogP contribution in [-0.2, 0) is 10.3 Å². The highest BCUT2D eigenvalue weighted by atomic mass is 16.6. The monoisotopic (exact) mass is 462 g/mol.